The Hall–Kier alpha value is -0.690. The first-order valence-corrected chi connectivity index (χ1v) is 9.78. The van der Waals surface area contributed by atoms with Gasteiger partial charge in [-0.2, -0.15) is 0 Å². The van der Waals surface area contributed by atoms with Crippen molar-refractivity contribution >= 4 is 5.97 Å². The number of carbonyl (C=O) groups is 1. The summed E-state index contributed by atoms with van der Waals surface area (Å²) in [6.07, 6.45) is 8.15. The summed E-state index contributed by atoms with van der Waals surface area (Å²) in [6, 6.07) is 0. The number of aliphatic hydroxyl groups excluding tert-OH is 2. The summed E-state index contributed by atoms with van der Waals surface area (Å²) in [7, 11) is 1.41. The molecular formula is C19H34O6. The van der Waals surface area contributed by atoms with E-state index in [4.69, 9.17) is 9.47 Å². The molecule has 25 heavy (non-hydrogen) atoms. The SMILES string of the molecule is COC(=O)CCCCCC[C@@H]1[C@@H](CO)[C@H](OC2CCCCO2)C[C@@H]1O. The molecule has 6 heteroatoms. The van der Waals surface area contributed by atoms with Crippen LogP contribution in [-0.4, -0.2) is 55.0 Å². The van der Waals surface area contributed by atoms with E-state index < -0.39 is 6.10 Å². The summed E-state index contributed by atoms with van der Waals surface area (Å²) in [5, 5.41) is 20.2. The number of carbonyl (C=O) groups excluding carboxylic acids is 1. The van der Waals surface area contributed by atoms with Gasteiger partial charge >= 0.3 is 5.97 Å². The van der Waals surface area contributed by atoms with E-state index in [9.17, 15) is 15.0 Å². The van der Waals surface area contributed by atoms with Crippen LogP contribution in [0.5, 0.6) is 0 Å². The van der Waals surface area contributed by atoms with Crippen molar-refractivity contribution in [1.82, 2.24) is 0 Å². The first-order valence-electron chi connectivity index (χ1n) is 9.78. The molecule has 1 saturated heterocycles. The van der Waals surface area contributed by atoms with Gasteiger partial charge in [-0.1, -0.05) is 19.3 Å². The zero-order valence-corrected chi connectivity index (χ0v) is 15.4. The van der Waals surface area contributed by atoms with Crippen molar-refractivity contribution in [2.24, 2.45) is 11.8 Å². The maximum absolute atomic E-state index is 11.1. The van der Waals surface area contributed by atoms with E-state index in [1.807, 2.05) is 0 Å². The molecule has 0 aromatic carbocycles. The number of hydrogen-bond donors (Lipinski definition) is 2. The molecule has 0 aromatic heterocycles. The summed E-state index contributed by atoms with van der Waals surface area (Å²) < 4.78 is 16.3. The standard InChI is InChI=1S/C19H34O6/c1-23-18(22)9-5-3-2-4-8-14-15(13-20)17(12-16(14)21)25-19-10-6-7-11-24-19/h14-17,19-21H,2-13H2,1H3/t14-,15-,16+,17-,19?/m1/s1. The van der Waals surface area contributed by atoms with Gasteiger partial charge in [0, 0.05) is 32.0 Å². The molecule has 0 radical (unpaired) electrons. The van der Waals surface area contributed by atoms with Crippen LogP contribution in [0.2, 0.25) is 0 Å². The van der Waals surface area contributed by atoms with E-state index in [2.05, 4.69) is 4.74 Å². The van der Waals surface area contributed by atoms with Gasteiger partial charge in [-0.3, -0.25) is 4.79 Å². The summed E-state index contributed by atoms with van der Waals surface area (Å²) in [4.78, 5) is 11.1. The highest BCUT2D eigenvalue weighted by Gasteiger charge is 2.43. The topological polar surface area (TPSA) is 85.2 Å². The average Bonchev–Trinajstić information content (AvgIpc) is 2.92. The van der Waals surface area contributed by atoms with E-state index in [0.29, 0.717) is 12.8 Å². The van der Waals surface area contributed by atoms with Crippen LogP contribution in [0.25, 0.3) is 0 Å². The average molecular weight is 358 g/mol. The van der Waals surface area contributed by atoms with Gasteiger partial charge in [0.25, 0.3) is 0 Å². The number of methoxy groups -OCH3 is 1. The van der Waals surface area contributed by atoms with Gasteiger partial charge in [-0.15, -0.1) is 0 Å². The Balaban J connectivity index is 1.69. The third kappa shape index (κ3) is 6.51. The highest BCUT2D eigenvalue weighted by molar-refractivity contribution is 5.68. The van der Waals surface area contributed by atoms with Crippen LogP contribution < -0.4 is 0 Å². The molecule has 0 bridgehead atoms. The van der Waals surface area contributed by atoms with Crippen LogP contribution in [0.15, 0.2) is 0 Å². The van der Waals surface area contributed by atoms with Crippen LogP contribution in [-0.2, 0) is 19.0 Å². The Morgan fingerprint density at radius 1 is 1.16 bits per heavy atom. The van der Waals surface area contributed by atoms with Crippen molar-refractivity contribution in [3.63, 3.8) is 0 Å². The lowest BCUT2D eigenvalue weighted by molar-refractivity contribution is -0.198. The number of unbranched alkanes of at least 4 members (excludes halogenated alkanes) is 3. The fourth-order valence-corrected chi connectivity index (χ4v) is 4.08. The smallest absolute Gasteiger partial charge is 0.305 e. The van der Waals surface area contributed by atoms with Gasteiger partial charge in [0.15, 0.2) is 6.29 Å². The van der Waals surface area contributed by atoms with Crippen molar-refractivity contribution in [3.05, 3.63) is 0 Å². The van der Waals surface area contributed by atoms with E-state index in [0.717, 1.165) is 58.0 Å². The van der Waals surface area contributed by atoms with Crippen LogP contribution in [0.4, 0.5) is 0 Å². The fraction of sp³-hybridized carbons (Fsp3) is 0.947. The molecule has 1 saturated carbocycles. The first-order chi connectivity index (χ1) is 12.2. The maximum Gasteiger partial charge on any atom is 0.305 e. The zero-order valence-electron chi connectivity index (χ0n) is 15.4. The first kappa shape index (κ1) is 20.6. The van der Waals surface area contributed by atoms with Gasteiger partial charge in [0.05, 0.1) is 19.3 Å². The normalized spacial score (nSPS) is 32.7. The third-order valence-electron chi connectivity index (χ3n) is 5.57. The summed E-state index contributed by atoms with van der Waals surface area (Å²) >= 11 is 0. The van der Waals surface area contributed by atoms with Gasteiger partial charge in [0.2, 0.25) is 0 Å². The zero-order chi connectivity index (χ0) is 18.1. The fourth-order valence-electron chi connectivity index (χ4n) is 4.08. The van der Waals surface area contributed by atoms with Gasteiger partial charge < -0.3 is 24.4 Å². The summed E-state index contributed by atoms with van der Waals surface area (Å²) in [5.74, 6) is -0.0914. The van der Waals surface area contributed by atoms with Gasteiger partial charge in [-0.25, -0.2) is 0 Å². The van der Waals surface area contributed by atoms with Gasteiger partial charge in [0.1, 0.15) is 0 Å². The lowest BCUT2D eigenvalue weighted by Gasteiger charge is -2.29. The molecule has 1 heterocycles. The number of rotatable bonds is 10. The molecule has 1 aliphatic heterocycles. The minimum Gasteiger partial charge on any atom is -0.469 e. The van der Waals surface area contributed by atoms with E-state index >= 15 is 0 Å². The molecule has 0 amide bonds. The lowest BCUT2D eigenvalue weighted by atomic mass is 9.89. The molecular weight excluding hydrogens is 324 g/mol. The van der Waals surface area contributed by atoms with Crippen molar-refractivity contribution in [1.29, 1.82) is 0 Å². The van der Waals surface area contributed by atoms with E-state index in [1.165, 1.54) is 7.11 Å². The second-order valence-corrected chi connectivity index (χ2v) is 7.31. The Morgan fingerprint density at radius 2 is 1.96 bits per heavy atom. The third-order valence-corrected chi connectivity index (χ3v) is 5.57. The molecule has 146 valence electrons. The molecule has 2 rings (SSSR count). The predicted octanol–water partition coefficient (Wildman–Crippen LogP) is 2.40. The minimum absolute atomic E-state index is 0.0180. The number of ether oxygens (including phenoxy) is 3. The van der Waals surface area contributed by atoms with Crippen LogP contribution >= 0.6 is 0 Å². The molecule has 6 nitrogen and oxygen atoms in total. The number of aliphatic hydroxyl groups is 2. The Morgan fingerprint density at radius 3 is 2.64 bits per heavy atom. The minimum atomic E-state index is -0.416. The largest absolute Gasteiger partial charge is 0.469 e. The van der Waals surface area contributed by atoms with Crippen molar-refractivity contribution in [3.8, 4) is 0 Å². The maximum atomic E-state index is 11.1. The molecule has 0 aromatic rings. The molecule has 2 aliphatic rings. The second kappa shape index (κ2) is 11.1. The molecule has 5 atom stereocenters. The van der Waals surface area contributed by atoms with E-state index in [-0.39, 0.29) is 36.8 Å². The highest BCUT2D eigenvalue weighted by Crippen LogP contribution is 2.38. The monoisotopic (exact) mass is 358 g/mol. The van der Waals surface area contributed by atoms with Crippen molar-refractivity contribution in [2.75, 3.05) is 20.3 Å². The Labute approximate surface area is 150 Å². The molecule has 1 aliphatic carbocycles. The van der Waals surface area contributed by atoms with Crippen molar-refractivity contribution < 1.29 is 29.2 Å². The molecule has 2 fully saturated rings. The molecule has 1 unspecified atom stereocenters. The van der Waals surface area contributed by atoms with Crippen LogP contribution in [0.1, 0.15) is 64.2 Å². The number of hydrogen-bond acceptors (Lipinski definition) is 6. The quantitative estimate of drug-likeness (QED) is 0.461. The van der Waals surface area contributed by atoms with Crippen LogP contribution in [0, 0.1) is 11.8 Å². The molecule has 0 spiro atoms. The highest BCUT2D eigenvalue weighted by atomic mass is 16.7. The second-order valence-electron chi connectivity index (χ2n) is 7.31. The predicted molar refractivity (Wildman–Crippen MR) is 92.9 cm³/mol. The van der Waals surface area contributed by atoms with Crippen LogP contribution in [0.3, 0.4) is 0 Å². The Bertz CT molecular complexity index is 382. The van der Waals surface area contributed by atoms with E-state index in [1.54, 1.807) is 0 Å². The lowest BCUT2D eigenvalue weighted by Crippen LogP contribution is -2.33. The summed E-state index contributed by atoms with van der Waals surface area (Å²) in [6.45, 7) is 0.778. The molecule has 2 N–H and O–H groups in total. The van der Waals surface area contributed by atoms with Crippen molar-refractivity contribution in [2.45, 2.75) is 82.7 Å². The Kier molecular flexibility index (Phi) is 9.17. The number of esters is 1. The van der Waals surface area contributed by atoms with Gasteiger partial charge in [-0.05, 0) is 38.0 Å². The summed E-state index contributed by atoms with van der Waals surface area (Å²) in [5.41, 5.74) is 0.